The van der Waals surface area contributed by atoms with Crippen LogP contribution in [0.15, 0.2) is 0 Å². The maximum absolute atomic E-state index is 5.82. The number of hydrogen-bond acceptors (Lipinski definition) is 3. The molecule has 0 radical (unpaired) electrons. The normalized spacial score (nSPS) is 31.0. The van der Waals surface area contributed by atoms with E-state index in [0.29, 0.717) is 5.41 Å². The van der Waals surface area contributed by atoms with E-state index in [1.165, 1.54) is 29.8 Å². The lowest BCUT2D eigenvalue weighted by Crippen LogP contribution is -2.17. The zero-order valence-electron chi connectivity index (χ0n) is 9.84. The first kappa shape index (κ1) is 10.9. The fourth-order valence-electron chi connectivity index (χ4n) is 2.83. The molecule has 3 heteroatoms. The molecule has 0 aliphatic heterocycles. The van der Waals surface area contributed by atoms with Crippen LogP contribution in [0.5, 0.6) is 0 Å². The molecule has 1 aromatic heterocycles. The van der Waals surface area contributed by atoms with Crippen molar-refractivity contribution in [2.24, 2.45) is 5.92 Å². The van der Waals surface area contributed by atoms with Crippen LogP contribution in [0, 0.1) is 5.92 Å². The van der Waals surface area contributed by atoms with Crippen LogP contribution in [0.3, 0.4) is 0 Å². The summed E-state index contributed by atoms with van der Waals surface area (Å²) in [7, 11) is 0. The van der Waals surface area contributed by atoms with Crippen LogP contribution in [0.25, 0.3) is 0 Å². The quantitative estimate of drug-likeness (QED) is 0.836. The largest absolute Gasteiger partial charge is 0.375 e. The Bertz CT molecular complexity index is 359. The Morgan fingerprint density at radius 2 is 2.33 bits per heavy atom. The number of anilines is 1. The second-order valence-electron chi connectivity index (χ2n) is 5.09. The van der Waals surface area contributed by atoms with E-state index in [2.05, 4.69) is 25.8 Å². The second kappa shape index (κ2) is 3.78. The predicted molar refractivity (Wildman–Crippen MR) is 66.3 cm³/mol. The molecule has 1 aliphatic rings. The minimum Gasteiger partial charge on any atom is -0.375 e. The molecular weight excluding hydrogens is 204 g/mol. The minimum absolute atomic E-state index is 0.347. The van der Waals surface area contributed by atoms with Gasteiger partial charge in [-0.2, -0.15) is 0 Å². The summed E-state index contributed by atoms with van der Waals surface area (Å²) in [6.07, 6.45) is 4.94. The van der Waals surface area contributed by atoms with Gasteiger partial charge in [0.05, 0.1) is 5.69 Å². The van der Waals surface area contributed by atoms with Crippen LogP contribution in [0.1, 0.15) is 50.6 Å². The Hall–Kier alpha value is -0.570. The molecule has 1 aliphatic carbocycles. The van der Waals surface area contributed by atoms with Gasteiger partial charge in [-0.3, -0.25) is 0 Å². The fraction of sp³-hybridized carbons (Fsp3) is 0.750. The highest BCUT2D eigenvalue weighted by Gasteiger charge is 2.37. The molecule has 0 spiro atoms. The van der Waals surface area contributed by atoms with Crippen molar-refractivity contribution >= 4 is 16.5 Å². The average Bonchev–Trinajstić information content (AvgIpc) is 2.71. The van der Waals surface area contributed by atoms with E-state index in [-0.39, 0.29) is 0 Å². The number of nitrogen functional groups attached to an aromatic ring is 1. The predicted octanol–water partition coefficient (Wildman–Crippen LogP) is 3.37. The van der Waals surface area contributed by atoms with Crippen molar-refractivity contribution in [2.45, 2.75) is 51.9 Å². The summed E-state index contributed by atoms with van der Waals surface area (Å²) in [5, 5.41) is 0.739. The second-order valence-corrected chi connectivity index (χ2v) is 6.12. The van der Waals surface area contributed by atoms with Crippen LogP contribution in [0.4, 0.5) is 5.13 Å². The third-order valence-corrected chi connectivity index (χ3v) is 4.82. The standard InChI is InChI=1S/C12H20N2S/c1-4-9-10(15-11(13)14-9)12(3)6-5-8(2)7-12/h8H,4-7H2,1-3H3,(H2,13,14). The van der Waals surface area contributed by atoms with Crippen molar-refractivity contribution in [3.63, 3.8) is 0 Å². The van der Waals surface area contributed by atoms with Gasteiger partial charge in [-0.1, -0.05) is 20.8 Å². The molecule has 1 saturated carbocycles. The number of aromatic nitrogens is 1. The molecule has 2 N–H and O–H groups in total. The molecule has 2 nitrogen and oxygen atoms in total. The first-order chi connectivity index (χ1) is 7.05. The lowest BCUT2D eigenvalue weighted by molar-refractivity contribution is 0.471. The van der Waals surface area contributed by atoms with Gasteiger partial charge in [0.2, 0.25) is 0 Å². The van der Waals surface area contributed by atoms with Gasteiger partial charge in [-0.05, 0) is 31.6 Å². The Morgan fingerprint density at radius 1 is 1.60 bits per heavy atom. The number of thiazole rings is 1. The highest BCUT2D eigenvalue weighted by Crippen LogP contribution is 2.47. The lowest BCUT2D eigenvalue weighted by Gasteiger charge is -2.23. The summed E-state index contributed by atoms with van der Waals surface area (Å²) in [6, 6.07) is 0. The number of hydrogen-bond donors (Lipinski definition) is 1. The van der Waals surface area contributed by atoms with Crippen molar-refractivity contribution in [3.05, 3.63) is 10.6 Å². The molecule has 0 aromatic carbocycles. The first-order valence-electron chi connectivity index (χ1n) is 5.81. The third-order valence-electron chi connectivity index (χ3n) is 3.58. The summed E-state index contributed by atoms with van der Waals surface area (Å²) >= 11 is 1.70. The van der Waals surface area contributed by atoms with Crippen LogP contribution in [0.2, 0.25) is 0 Å². The molecule has 15 heavy (non-hydrogen) atoms. The van der Waals surface area contributed by atoms with E-state index in [1.54, 1.807) is 11.3 Å². The minimum atomic E-state index is 0.347. The molecule has 2 unspecified atom stereocenters. The van der Waals surface area contributed by atoms with Crippen LogP contribution < -0.4 is 5.73 Å². The van der Waals surface area contributed by atoms with Gasteiger partial charge in [0.1, 0.15) is 0 Å². The van der Waals surface area contributed by atoms with Gasteiger partial charge >= 0.3 is 0 Å². The lowest BCUT2D eigenvalue weighted by atomic mass is 9.85. The summed E-state index contributed by atoms with van der Waals surface area (Å²) in [4.78, 5) is 5.89. The molecule has 0 bridgehead atoms. The molecule has 1 fully saturated rings. The van der Waals surface area contributed by atoms with Gasteiger partial charge in [0.15, 0.2) is 5.13 Å². The van der Waals surface area contributed by atoms with Crippen molar-refractivity contribution in [1.82, 2.24) is 4.98 Å². The van der Waals surface area contributed by atoms with E-state index in [0.717, 1.165) is 17.5 Å². The summed E-state index contributed by atoms with van der Waals surface area (Å²) in [6.45, 7) is 6.89. The fourth-order valence-corrected chi connectivity index (χ4v) is 3.93. The van der Waals surface area contributed by atoms with Crippen LogP contribution in [-0.4, -0.2) is 4.98 Å². The third kappa shape index (κ3) is 1.89. The van der Waals surface area contributed by atoms with Crippen molar-refractivity contribution in [3.8, 4) is 0 Å². The number of nitrogens with two attached hydrogens (primary N) is 1. The first-order valence-corrected chi connectivity index (χ1v) is 6.62. The molecule has 84 valence electrons. The van der Waals surface area contributed by atoms with E-state index in [9.17, 15) is 0 Å². The summed E-state index contributed by atoms with van der Waals surface area (Å²) < 4.78 is 0. The van der Waals surface area contributed by atoms with Crippen molar-refractivity contribution < 1.29 is 0 Å². The van der Waals surface area contributed by atoms with E-state index < -0.39 is 0 Å². The Labute approximate surface area is 95.9 Å². The number of rotatable bonds is 2. The Morgan fingerprint density at radius 3 is 2.87 bits per heavy atom. The van der Waals surface area contributed by atoms with Crippen molar-refractivity contribution in [1.29, 1.82) is 0 Å². The number of aryl methyl sites for hydroxylation is 1. The Balaban J connectivity index is 2.35. The highest BCUT2D eigenvalue weighted by molar-refractivity contribution is 7.15. The van der Waals surface area contributed by atoms with E-state index in [1.807, 2.05) is 0 Å². The SMILES string of the molecule is CCc1nc(N)sc1C1(C)CCC(C)C1. The smallest absolute Gasteiger partial charge is 0.180 e. The maximum Gasteiger partial charge on any atom is 0.180 e. The topological polar surface area (TPSA) is 38.9 Å². The molecule has 0 saturated heterocycles. The maximum atomic E-state index is 5.82. The Kier molecular flexibility index (Phi) is 2.75. The summed E-state index contributed by atoms with van der Waals surface area (Å²) in [5.41, 5.74) is 7.40. The van der Waals surface area contributed by atoms with Gasteiger partial charge in [0, 0.05) is 10.3 Å². The van der Waals surface area contributed by atoms with E-state index in [4.69, 9.17) is 5.73 Å². The van der Waals surface area contributed by atoms with E-state index >= 15 is 0 Å². The van der Waals surface area contributed by atoms with Gasteiger partial charge in [-0.15, -0.1) is 11.3 Å². The zero-order valence-corrected chi connectivity index (χ0v) is 10.7. The molecule has 2 atom stereocenters. The van der Waals surface area contributed by atoms with Gasteiger partial charge in [0.25, 0.3) is 0 Å². The molecule has 1 aromatic rings. The van der Waals surface area contributed by atoms with Gasteiger partial charge < -0.3 is 5.73 Å². The van der Waals surface area contributed by atoms with Crippen LogP contribution in [-0.2, 0) is 11.8 Å². The zero-order chi connectivity index (χ0) is 11.1. The highest BCUT2D eigenvalue weighted by atomic mass is 32.1. The molecule has 2 rings (SSSR count). The summed E-state index contributed by atoms with van der Waals surface area (Å²) in [5.74, 6) is 0.850. The molecule has 1 heterocycles. The average molecular weight is 224 g/mol. The number of nitrogens with zero attached hydrogens (tertiary/aromatic N) is 1. The molecular formula is C12H20N2S. The monoisotopic (exact) mass is 224 g/mol. The molecule has 0 amide bonds. The van der Waals surface area contributed by atoms with Crippen LogP contribution >= 0.6 is 11.3 Å². The van der Waals surface area contributed by atoms with Crippen molar-refractivity contribution in [2.75, 3.05) is 5.73 Å². The van der Waals surface area contributed by atoms with Gasteiger partial charge in [-0.25, -0.2) is 4.98 Å².